The van der Waals surface area contributed by atoms with E-state index >= 15 is 0 Å². The van der Waals surface area contributed by atoms with E-state index in [0.717, 1.165) is 6.42 Å². The molecule has 66 valence electrons. The van der Waals surface area contributed by atoms with Crippen LogP contribution in [0, 0.1) is 5.92 Å². The summed E-state index contributed by atoms with van der Waals surface area (Å²) in [6.07, 6.45) is 6.82. The highest BCUT2D eigenvalue weighted by Gasteiger charge is 2.11. The molecule has 0 aromatic heterocycles. The minimum atomic E-state index is -0.208. The molecule has 0 saturated heterocycles. The Bertz CT molecular complexity index is 226. The highest BCUT2D eigenvalue weighted by molar-refractivity contribution is 5.91. The summed E-state index contributed by atoms with van der Waals surface area (Å²) >= 11 is 0. The topological polar surface area (TPSA) is 26.3 Å². The first-order valence-electron chi connectivity index (χ1n) is 4.29. The van der Waals surface area contributed by atoms with Gasteiger partial charge >= 0.3 is 5.97 Å². The zero-order valence-corrected chi connectivity index (χ0v) is 7.54. The van der Waals surface area contributed by atoms with E-state index in [2.05, 4.69) is 6.92 Å². The fraction of sp³-hybridized carbons (Fsp3) is 0.500. The molecule has 0 N–H and O–H groups in total. The standard InChI is InChI=1S/C10H14O2/c1-3-12-10(11)9-6-4-5-8(2)7-9/h4,6-8H,3,5H2,1-2H3. The number of carbonyl (C=O) groups is 1. The van der Waals surface area contributed by atoms with Crippen LogP contribution in [-0.2, 0) is 9.53 Å². The van der Waals surface area contributed by atoms with Gasteiger partial charge in [0.05, 0.1) is 12.2 Å². The van der Waals surface area contributed by atoms with Crippen LogP contribution in [0.25, 0.3) is 0 Å². The lowest BCUT2D eigenvalue weighted by Crippen LogP contribution is -2.09. The minimum Gasteiger partial charge on any atom is -0.462 e. The van der Waals surface area contributed by atoms with Gasteiger partial charge in [-0.15, -0.1) is 0 Å². The Hall–Kier alpha value is -1.05. The van der Waals surface area contributed by atoms with Gasteiger partial charge in [0.15, 0.2) is 0 Å². The predicted molar refractivity (Wildman–Crippen MR) is 47.6 cm³/mol. The third kappa shape index (κ3) is 2.22. The Labute approximate surface area is 72.9 Å². The van der Waals surface area contributed by atoms with E-state index in [1.807, 2.05) is 25.2 Å². The van der Waals surface area contributed by atoms with Gasteiger partial charge in [-0.1, -0.05) is 25.2 Å². The first-order valence-corrected chi connectivity index (χ1v) is 4.29. The monoisotopic (exact) mass is 166 g/mol. The van der Waals surface area contributed by atoms with Crippen molar-refractivity contribution in [1.29, 1.82) is 0 Å². The molecule has 0 heterocycles. The van der Waals surface area contributed by atoms with E-state index in [-0.39, 0.29) is 5.97 Å². The van der Waals surface area contributed by atoms with E-state index in [4.69, 9.17) is 4.74 Å². The van der Waals surface area contributed by atoms with Gasteiger partial charge in [0, 0.05) is 0 Å². The predicted octanol–water partition coefficient (Wildman–Crippen LogP) is 2.07. The third-order valence-corrected chi connectivity index (χ3v) is 1.78. The van der Waals surface area contributed by atoms with Crippen LogP contribution in [0.4, 0.5) is 0 Å². The largest absolute Gasteiger partial charge is 0.462 e. The Morgan fingerprint density at radius 3 is 3.08 bits per heavy atom. The normalized spacial score (nSPS) is 21.8. The van der Waals surface area contributed by atoms with E-state index in [1.165, 1.54) is 0 Å². The summed E-state index contributed by atoms with van der Waals surface area (Å²) in [7, 11) is 0. The first kappa shape index (κ1) is 9.04. The van der Waals surface area contributed by atoms with Crippen molar-refractivity contribution < 1.29 is 9.53 Å². The smallest absolute Gasteiger partial charge is 0.337 e. The number of hydrogen-bond donors (Lipinski definition) is 0. The molecule has 1 unspecified atom stereocenters. The van der Waals surface area contributed by atoms with Crippen LogP contribution in [-0.4, -0.2) is 12.6 Å². The Balaban J connectivity index is 2.61. The second kappa shape index (κ2) is 4.10. The fourth-order valence-corrected chi connectivity index (χ4v) is 1.19. The van der Waals surface area contributed by atoms with E-state index in [0.29, 0.717) is 18.1 Å². The molecule has 0 aliphatic heterocycles. The van der Waals surface area contributed by atoms with Gasteiger partial charge in [-0.2, -0.15) is 0 Å². The van der Waals surface area contributed by atoms with Gasteiger partial charge in [0.2, 0.25) is 0 Å². The summed E-state index contributed by atoms with van der Waals surface area (Å²) in [6, 6.07) is 0. The lowest BCUT2D eigenvalue weighted by Gasteiger charge is -2.10. The number of hydrogen-bond acceptors (Lipinski definition) is 2. The van der Waals surface area contributed by atoms with Gasteiger partial charge in [0.25, 0.3) is 0 Å². The van der Waals surface area contributed by atoms with Gasteiger partial charge in [-0.3, -0.25) is 0 Å². The molecular weight excluding hydrogens is 152 g/mol. The number of rotatable bonds is 2. The van der Waals surface area contributed by atoms with E-state index in [1.54, 1.807) is 0 Å². The van der Waals surface area contributed by atoms with Gasteiger partial charge < -0.3 is 4.74 Å². The molecule has 0 bridgehead atoms. The highest BCUT2D eigenvalue weighted by Crippen LogP contribution is 2.16. The summed E-state index contributed by atoms with van der Waals surface area (Å²) in [6.45, 7) is 4.34. The molecule has 0 amide bonds. The molecule has 0 radical (unpaired) electrons. The maximum atomic E-state index is 11.2. The summed E-state index contributed by atoms with van der Waals surface area (Å²) in [5.41, 5.74) is 0.690. The number of esters is 1. The van der Waals surface area contributed by atoms with Crippen LogP contribution in [0.2, 0.25) is 0 Å². The van der Waals surface area contributed by atoms with Crippen molar-refractivity contribution in [3.05, 3.63) is 23.8 Å². The molecule has 1 aliphatic carbocycles. The molecule has 0 fully saturated rings. The van der Waals surface area contributed by atoms with Crippen molar-refractivity contribution in [2.24, 2.45) is 5.92 Å². The summed E-state index contributed by atoms with van der Waals surface area (Å²) in [4.78, 5) is 11.2. The Morgan fingerprint density at radius 2 is 2.50 bits per heavy atom. The molecule has 0 spiro atoms. The molecule has 0 aromatic rings. The van der Waals surface area contributed by atoms with Crippen molar-refractivity contribution in [1.82, 2.24) is 0 Å². The van der Waals surface area contributed by atoms with Crippen molar-refractivity contribution in [3.63, 3.8) is 0 Å². The summed E-state index contributed by atoms with van der Waals surface area (Å²) in [5, 5.41) is 0. The van der Waals surface area contributed by atoms with Crippen LogP contribution < -0.4 is 0 Å². The maximum Gasteiger partial charge on any atom is 0.337 e. The zero-order valence-electron chi connectivity index (χ0n) is 7.54. The number of allylic oxidation sites excluding steroid dienone is 2. The average Bonchev–Trinajstić information content (AvgIpc) is 2.05. The van der Waals surface area contributed by atoms with Crippen LogP contribution in [0.3, 0.4) is 0 Å². The molecule has 12 heavy (non-hydrogen) atoms. The van der Waals surface area contributed by atoms with Crippen LogP contribution in [0.1, 0.15) is 20.3 Å². The second-order valence-corrected chi connectivity index (χ2v) is 2.96. The van der Waals surface area contributed by atoms with Crippen LogP contribution in [0.5, 0.6) is 0 Å². The number of carbonyl (C=O) groups excluding carboxylic acids is 1. The molecule has 1 rings (SSSR count). The molecule has 1 aliphatic rings. The fourth-order valence-electron chi connectivity index (χ4n) is 1.19. The van der Waals surface area contributed by atoms with E-state index in [9.17, 15) is 4.79 Å². The lowest BCUT2D eigenvalue weighted by molar-refractivity contribution is -0.138. The zero-order chi connectivity index (χ0) is 8.97. The van der Waals surface area contributed by atoms with Crippen molar-refractivity contribution in [3.8, 4) is 0 Å². The van der Waals surface area contributed by atoms with Gasteiger partial charge in [-0.25, -0.2) is 4.79 Å². The summed E-state index contributed by atoms with van der Waals surface area (Å²) in [5.74, 6) is 0.245. The average molecular weight is 166 g/mol. The molecule has 2 nitrogen and oxygen atoms in total. The van der Waals surface area contributed by atoms with Gasteiger partial charge in [0.1, 0.15) is 0 Å². The molecular formula is C10H14O2. The van der Waals surface area contributed by atoms with Crippen molar-refractivity contribution in [2.45, 2.75) is 20.3 Å². The van der Waals surface area contributed by atoms with Crippen LogP contribution >= 0.6 is 0 Å². The third-order valence-electron chi connectivity index (χ3n) is 1.78. The highest BCUT2D eigenvalue weighted by atomic mass is 16.5. The van der Waals surface area contributed by atoms with Gasteiger partial charge in [-0.05, 0) is 19.3 Å². The molecule has 1 atom stereocenters. The molecule has 0 saturated carbocycles. The SMILES string of the molecule is CCOC(=O)C1=CC(C)CC=C1. The minimum absolute atomic E-state index is 0.208. The maximum absolute atomic E-state index is 11.2. The van der Waals surface area contributed by atoms with Crippen LogP contribution in [0.15, 0.2) is 23.8 Å². The molecule has 2 heteroatoms. The quantitative estimate of drug-likeness (QED) is 0.587. The first-order chi connectivity index (χ1) is 5.74. The van der Waals surface area contributed by atoms with Crippen molar-refractivity contribution >= 4 is 5.97 Å². The lowest BCUT2D eigenvalue weighted by atomic mass is 9.98. The second-order valence-electron chi connectivity index (χ2n) is 2.96. The van der Waals surface area contributed by atoms with Crippen molar-refractivity contribution in [2.75, 3.05) is 6.61 Å². The Kier molecular flexibility index (Phi) is 3.09. The summed E-state index contributed by atoms with van der Waals surface area (Å²) < 4.78 is 4.87. The molecule has 0 aromatic carbocycles. The van der Waals surface area contributed by atoms with E-state index < -0.39 is 0 Å². The Morgan fingerprint density at radius 1 is 1.75 bits per heavy atom. The number of ether oxygens (including phenoxy) is 1.